The molecule has 3 aromatic rings. The third-order valence-corrected chi connectivity index (χ3v) is 27.4. The molecule has 0 aliphatic heterocycles. The van der Waals surface area contributed by atoms with Crippen molar-refractivity contribution >= 4 is 12.0 Å². The van der Waals surface area contributed by atoms with Crippen LogP contribution in [0.15, 0.2) is 78.9 Å². The molecule has 0 fully saturated rings. The zero-order valence-corrected chi connectivity index (χ0v) is 21.2. The Hall–Kier alpha value is -0.920. The van der Waals surface area contributed by atoms with Crippen molar-refractivity contribution in [2.75, 3.05) is 0 Å². The molecule has 1 unspecified atom stereocenters. The molecule has 0 saturated heterocycles. The SMILES string of the molecule is C[SiH](C)[Zr+2]([CH]1C=Cc2ccccc21)[CH]1c2ccccc2-c2ccccc21.[Cl-].[Cl-]. The van der Waals surface area contributed by atoms with E-state index >= 15 is 0 Å². The van der Waals surface area contributed by atoms with Gasteiger partial charge in [-0.2, -0.15) is 0 Å². The van der Waals surface area contributed by atoms with Crippen molar-refractivity contribution in [1.82, 2.24) is 0 Å². The molecule has 0 spiro atoms. The van der Waals surface area contributed by atoms with Crippen molar-refractivity contribution in [3.8, 4) is 11.1 Å². The van der Waals surface area contributed by atoms with Crippen LogP contribution in [0.5, 0.6) is 0 Å². The Labute approximate surface area is 189 Å². The van der Waals surface area contributed by atoms with Crippen LogP contribution in [0.3, 0.4) is 0 Å². The smallest absolute Gasteiger partial charge is 1.00 e. The number of allylic oxidation sites excluding steroid dienone is 1. The van der Waals surface area contributed by atoms with Gasteiger partial charge in [0.15, 0.2) is 0 Å². The van der Waals surface area contributed by atoms with Gasteiger partial charge in [-0.3, -0.25) is 0 Å². The maximum absolute atomic E-state index is 2.62. The van der Waals surface area contributed by atoms with Gasteiger partial charge in [-0.15, -0.1) is 0 Å². The summed E-state index contributed by atoms with van der Waals surface area (Å²) in [6.45, 7) is 5.24. The van der Waals surface area contributed by atoms with Crippen LogP contribution in [0.4, 0.5) is 0 Å². The van der Waals surface area contributed by atoms with Crippen LogP contribution < -0.4 is 24.8 Å². The van der Waals surface area contributed by atoms with E-state index in [2.05, 4.69) is 98.0 Å². The van der Waals surface area contributed by atoms with Gasteiger partial charge in [0.1, 0.15) is 0 Å². The largest absolute Gasteiger partial charge is 1.00 e. The molecule has 2 aliphatic carbocycles. The average molecular weight is 502 g/mol. The summed E-state index contributed by atoms with van der Waals surface area (Å²) in [6.07, 6.45) is 4.96. The molecule has 1 atom stereocenters. The first-order valence-electron chi connectivity index (χ1n) is 9.57. The van der Waals surface area contributed by atoms with Gasteiger partial charge in [0.25, 0.3) is 0 Å². The van der Waals surface area contributed by atoms with Gasteiger partial charge in [0.2, 0.25) is 0 Å². The first kappa shape index (κ1) is 21.8. The third kappa shape index (κ3) is 3.43. The summed E-state index contributed by atoms with van der Waals surface area (Å²) in [5, 5.41) is 0. The first-order valence-corrected chi connectivity index (χ1v) is 19.6. The second kappa shape index (κ2) is 8.84. The molecule has 4 heteroatoms. The Morgan fingerprint density at radius 1 is 0.679 bits per heavy atom. The quantitative estimate of drug-likeness (QED) is 0.448. The van der Waals surface area contributed by atoms with E-state index in [1.54, 1.807) is 16.7 Å². The van der Waals surface area contributed by atoms with E-state index in [-0.39, 0.29) is 24.8 Å². The predicted octanol–water partition coefficient (Wildman–Crippen LogP) is 0.134. The Morgan fingerprint density at radius 3 is 1.75 bits per heavy atom. The van der Waals surface area contributed by atoms with Crippen LogP contribution in [0.2, 0.25) is 13.1 Å². The van der Waals surface area contributed by atoms with Crippen LogP contribution in [0.1, 0.15) is 29.5 Å². The van der Waals surface area contributed by atoms with Crippen LogP contribution in [-0.4, -0.2) is 5.92 Å². The Balaban J connectivity index is 0.00000112. The molecule has 0 amide bonds. The van der Waals surface area contributed by atoms with Crippen LogP contribution in [0, 0.1) is 0 Å². The molecule has 0 aromatic heterocycles. The van der Waals surface area contributed by atoms with Gasteiger partial charge in [0.05, 0.1) is 0 Å². The Morgan fingerprint density at radius 2 is 1.18 bits per heavy atom. The fraction of sp³-hybridized carbons (Fsp3) is 0.167. The number of hydrogen-bond donors (Lipinski definition) is 0. The van der Waals surface area contributed by atoms with E-state index in [4.69, 9.17) is 0 Å². The monoisotopic (exact) mass is 499 g/mol. The van der Waals surface area contributed by atoms with Crippen molar-refractivity contribution in [3.05, 3.63) is 101 Å². The summed E-state index contributed by atoms with van der Waals surface area (Å²) in [4.78, 5) is 0. The molecule has 0 nitrogen and oxygen atoms in total. The minimum atomic E-state index is -1.81. The van der Waals surface area contributed by atoms with Gasteiger partial charge in [-0.1, -0.05) is 0 Å². The fourth-order valence-corrected chi connectivity index (χ4v) is 26.6. The molecule has 0 bridgehead atoms. The summed E-state index contributed by atoms with van der Waals surface area (Å²) >= 11 is -1.81. The van der Waals surface area contributed by atoms with E-state index < -0.39 is 26.8 Å². The molecule has 0 heterocycles. The van der Waals surface area contributed by atoms with E-state index in [1.807, 2.05) is 0 Å². The minimum absolute atomic E-state index is 0. The van der Waals surface area contributed by atoms with Crippen molar-refractivity contribution in [1.29, 1.82) is 0 Å². The molecular weight excluding hydrogens is 478 g/mol. The van der Waals surface area contributed by atoms with Gasteiger partial charge >= 0.3 is 166 Å². The molecule has 28 heavy (non-hydrogen) atoms. The second-order valence-corrected chi connectivity index (χ2v) is 27.9. The zero-order valence-electron chi connectivity index (χ0n) is 16.1. The normalized spacial score (nSPS) is 16.0. The molecule has 2 aliphatic rings. The number of rotatable bonds is 3. The Bertz CT molecular complexity index is 969. The van der Waals surface area contributed by atoms with Gasteiger partial charge in [-0.05, 0) is 0 Å². The van der Waals surface area contributed by atoms with Gasteiger partial charge in [0, 0.05) is 0 Å². The molecule has 141 valence electrons. The predicted molar refractivity (Wildman–Crippen MR) is 111 cm³/mol. The number of hydrogen-bond acceptors (Lipinski definition) is 0. The van der Waals surface area contributed by atoms with E-state index in [0.717, 1.165) is 7.25 Å². The average Bonchev–Trinajstić information content (AvgIpc) is 3.23. The van der Waals surface area contributed by atoms with E-state index in [0.29, 0.717) is 0 Å². The maximum Gasteiger partial charge on any atom is -1.00 e. The van der Waals surface area contributed by atoms with E-state index in [1.165, 1.54) is 16.7 Å². The minimum Gasteiger partial charge on any atom is -1.00 e. The number of benzene rings is 3. The summed E-state index contributed by atoms with van der Waals surface area (Å²) in [5.41, 5.74) is 9.33. The first-order chi connectivity index (χ1) is 12.8. The van der Waals surface area contributed by atoms with Crippen molar-refractivity contribution in [2.45, 2.75) is 20.3 Å². The molecule has 0 saturated carbocycles. The van der Waals surface area contributed by atoms with Crippen LogP contribution in [-0.2, 0) is 20.9 Å². The van der Waals surface area contributed by atoms with Gasteiger partial charge < -0.3 is 24.8 Å². The van der Waals surface area contributed by atoms with Crippen molar-refractivity contribution in [2.24, 2.45) is 0 Å². The maximum atomic E-state index is 2.62. The molecule has 5 rings (SSSR count). The Kier molecular flexibility index (Phi) is 6.88. The fourth-order valence-electron chi connectivity index (χ4n) is 4.93. The van der Waals surface area contributed by atoms with Crippen LogP contribution in [0.25, 0.3) is 17.2 Å². The standard InChI is InChI=1S/C13H9.C9H7.C2H7Si.2ClH.Zr/c1-3-7-12-10(5-1)9-11-6-2-4-8-13(11)12;1-2-5-9-7-3-6-8(9)4-1;1-3-2;;;/h1-9H;1-7H;3H,1-2H3;2*1H;/q;;;;;+2/p-2. The third-order valence-electron chi connectivity index (χ3n) is 5.99. The van der Waals surface area contributed by atoms with Crippen molar-refractivity contribution in [3.63, 3.8) is 0 Å². The molecule has 0 radical (unpaired) electrons. The summed E-state index contributed by atoms with van der Waals surface area (Å²) in [5.74, 6) is -0.723. The van der Waals surface area contributed by atoms with E-state index in [9.17, 15) is 0 Å². The summed E-state index contributed by atoms with van der Waals surface area (Å²) < 4.78 is 1.46. The topological polar surface area (TPSA) is 0 Å². The molecule has 0 N–H and O–H groups in total. The summed E-state index contributed by atoms with van der Waals surface area (Å²) in [7, 11) is 0. The number of halogens is 2. The van der Waals surface area contributed by atoms with Crippen LogP contribution >= 0.6 is 0 Å². The van der Waals surface area contributed by atoms with Crippen molar-refractivity contribution < 1.29 is 45.7 Å². The molecular formula is C24H23Cl2SiZr. The number of fused-ring (bicyclic) bond motifs is 4. The zero-order chi connectivity index (χ0) is 17.7. The van der Waals surface area contributed by atoms with Gasteiger partial charge in [-0.25, -0.2) is 0 Å². The summed E-state index contributed by atoms with van der Waals surface area (Å²) in [6, 6.07) is 27.5. The second-order valence-electron chi connectivity index (χ2n) is 7.73. The molecule has 3 aromatic carbocycles.